The maximum absolute atomic E-state index is 12.3. The predicted molar refractivity (Wildman–Crippen MR) is 91.8 cm³/mol. The van der Waals surface area contributed by atoms with Crippen LogP contribution in [0.2, 0.25) is 0 Å². The molecule has 1 aliphatic heterocycles. The van der Waals surface area contributed by atoms with Crippen molar-refractivity contribution in [3.05, 3.63) is 64.4 Å². The molecular weight excluding hydrogens is 308 g/mol. The Kier molecular flexibility index (Phi) is 5.20. The van der Waals surface area contributed by atoms with E-state index in [1.807, 2.05) is 18.2 Å². The van der Waals surface area contributed by atoms with E-state index in [2.05, 4.69) is 22.4 Å². The van der Waals surface area contributed by atoms with Crippen molar-refractivity contribution in [3.63, 3.8) is 0 Å². The number of benzene rings is 1. The van der Waals surface area contributed by atoms with E-state index < -0.39 is 0 Å². The van der Waals surface area contributed by atoms with Gasteiger partial charge < -0.3 is 15.0 Å². The molecule has 4 nitrogen and oxygen atoms in total. The van der Waals surface area contributed by atoms with E-state index in [1.165, 1.54) is 5.56 Å². The number of carbonyl (C=O) groups is 1. The van der Waals surface area contributed by atoms with Crippen molar-refractivity contribution in [2.45, 2.75) is 18.9 Å². The number of hydrogen-bond donors (Lipinski definition) is 2. The average Bonchev–Trinajstić information content (AvgIpc) is 2.61. The molecule has 2 aromatic rings. The molecule has 3 rings (SSSR count). The van der Waals surface area contributed by atoms with E-state index in [-0.39, 0.29) is 17.9 Å². The highest BCUT2D eigenvalue weighted by Gasteiger charge is 2.27. The van der Waals surface area contributed by atoms with Crippen molar-refractivity contribution in [1.29, 1.82) is 0 Å². The number of nitrogens with one attached hydrogen (secondary N) is 2. The van der Waals surface area contributed by atoms with Crippen LogP contribution in [-0.4, -0.2) is 24.0 Å². The molecule has 0 unspecified atom stereocenters. The third-order valence-corrected chi connectivity index (χ3v) is 4.50. The predicted octanol–water partition coefficient (Wildman–Crippen LogP) is 3.64. The second kappa shape index (κ2) is 7.53. The van der Waals surface area contributed by atoms with Crippen LogP contribution in [-0.2, 0) is 4.74 Å². The number of amides is 1. The fourth-order valence-electron chi connectivity index (χ4n) is 2.98. The molecule has 1 aliphatic rings. The molecule has 0 radical (unpaired) electrons. The van der Waals surface area contributed by atoms with Crippen molar-refractivity contribution in [2.75, 3.05) is 13.2 Å². The molecule has 5 heteroatoms. The summed E-state index contributed by atoms with van der Waals surface area (Å²) in [5, 5.41) is 3.00. The standard InChI is InChI=1S/C18H20N2O2S/c21-17(15-9-4-10-19-18(15)23)20-12-14-8-5-11-22-16(14)13-6-2-1-3-7-13/h1-4,6-7,9-10,14,16H,5,8,11-12H2,(H,19,23)(H,20,21)/t14-,16-/m1/s1. The lowest BCUT2D eigenvalue weighted by Crippen LogP contribution is -2.35. The largest absolute Gasteiger partial charge is 0.373 e. The van der Waals surface area contributed by atoms with Crippen LogP contribution in [0.25, 0.3) is 0 Å². The first-order valence-electron chi connectivity index (χ1n) is 7.88. The fourth-order valence-corrected chi connectivity index (χ4v) is 3.21. The lowest BCUT2D eigenvalue weighted by molar-refractivity contribution is -0.0272. The highest BCUT2D eigenvalue weighted by Crippen LogP contribution is 2.33. The number of H-pyrrole nitrogens is 1. The molecule has 1 aromatic heterocycles. The lowest BCUT2D eigenvalue weighted by Gasteiger charge is -2.32. The zero-order chi connectivity index (χ0) is 16.1. The van der Waals surface area contributed by atoms with Crippen LogP contribution >= 0.6 is 12.2 Å². The molecule has 0 spiro atoms. The molecule has 2 heterocycles. The molecule has 0 bridgehead atoms. The minimum atomic E-state index is -0.135. The van der Waals surface area contributed by atoms with Crippen LogP contribution < -0.4 is 5.32 Å². The Hall–Kier alpha value is -1.98. The Morgan fingerprint density at radius 3 is 2.87 bits per heavy atom. The molecule has 0 aliphatic carbocycles. The summed E-state index contributed by atoms with van der Waals surface area (Å²) in [6, 6.07) is 13.7. The Morgan fingerprint density at radius 2 is 2.09 bits per heavy atom. The number of pyridine rings is 1. The summed E-state index contributed by atoms with van der Waals surface area (Å²) in [4.78, 5) is 15.2. The molecule has 1 saturated heterocycles. The smallest absolute Gasteiger partial charge is 0.254 e. The molecule has 2 N–H and O–H groups in total. The van der Waals surface area contributed by atoms with Crippen molar-refractivity contribution in [1.82, 2.24) is 10.3 Å². The summed E-state index contributed by atoms with van der Waals surface area (Å²) in [7, 11) is 0. The van der Waals surface area contributed by atoms with Crippen molar-refractivity contribution >= 4 is 18.1 Å². The molecule has 1 amide bonds. The van der Waals surface area contributed by atoms with Crippen molar-refractivity contribution in [2.24, 2.45) is 5.92 Å². The monoisotopic (exact) mass is 328 g/mol. The molecule has 1 aromatic carbocycles. The zero-order valence-corrected chi connectivity index (χ0v) is 13.6. The van der Waals surface area contributed by atoms with Crippen LogP contribution in [0.15, 0.2) is 48.7 Å². The SMILES string of the molecule is O=C(NC[C@H]1CCCO[C@@H]1c1ccccc1)c1ccc[nH]c1=S. The topological polar surface area (TPSA) is 54.1 Å². The first-order valence-corrected chi connectivity index (χ1v) is 8.29. The number of carbonyl (C=O) groups excluding carboxylic acids is 1. The minimum Gasteiger partial charge on any atom is -0.373 e. The molecule has 0 saturated carbocycles. The highest BCUT2D eigenvalue weighted by atomic mass is 32.1. The van der Waals surface area contributed by atoms with Crippen LogP contribution in [0.4, 0.5) is 0 Å². The van der Waals surface area contributed by atoms with Gasteiger partial charge >= 0.3 is 0 Å². The van der Waals surface area contributed by atoms with E-state index in [9.17, 15) is 4.79 Å². The number of hydrogen-bond acceptors (Lipinski definition) is 3. The maximum atomic E-state index is 12.3. The normalized spacial score (nSPS) is 20.9. The zero-order valence-electron chi connectivity index (χ0n) is 12.8. The summed E-state index contributed by atoms with van der Waals surface area (Å²) in [5.74, 6) is 0.139. The van der Waals surface area contributed by atoms with Gasteiger partial charge in [-0.25, -0.2) is 0 Å². The Morgan fingerprint density at radius 1 is 1.26 bits per heavy atom. The number of aromatic amines is 1. The second-order valence-corrected chi connectivity index (χ2v) is 6.14. The van der Waals surface area contributed by atoms with Gasteiger partial charge in [0.25, 0.3) is 5.91 Å². The van der Waals surface area contributed by atoms with Crippen molar-refractivity contribution in [3.8, 4) is 0 Å². The van der Waals surface area contributed by atoms with Crippen LogP contribution in [0.1, 0.15) is 34.9 Å². The summed E-state index contributed by atoms with van der Waals surface area (Å²) in [5.41, 5.74) is 1.68. The number of aromatic nitrogens is 1. The third-order valence-electron chi connectivity index (χ3n) is 4.16. The molecule has 1 fully saturated rings. The lowest BCUT2D eigenvalue weighted by atomic mass is 9.89. The Balaban J connectivity index is 1.67. The summed E-state index contributed by atoms with van der Waals surface area (Å²) in [6.07, 6.45) is 3.83. The summed E-state index contributed by atoms with van der Waals surface area (Å²) in [6.45, 7) is 1.36. The van der Waals surface area contributed by atoms with Crippen molar-refractivity contribution < 1.29 is 9.53 Å². The Bertz CT molecular complexity index is 714. The van der Waals surface area contributed by atoms with Gasteiger partial charge in [-0.2, -0.15) is 0 Å². The first-order chi connectivity index (χ1) is 11.3. The maximum Gasteiger partial charge on any atom is 0.254 e. The molecule has 120 valence electrons. The first kappa shape index (κ1) is 15.9. The summed E-state index contributed by atoms with van der Waals surface area (Å²) < 4.78 is 6.42. The van der Waals surface area contributed by atoms with E-state index in [0.717, 1.165) is 19.4 Å². The van der Waals surface area contributed by atoms with Gasteiger partial charge in [0.15, 0.2) is 0 Å². The van der Waals surface area contributed by atoms with Gasteiger partial charge in [0.05, 0.1) is 11.7 Å². The van der Waals surface area contributed by atoms with Gasteiger partial charge in [-0.1, -0.05) is 42.5 Å². The van der Waals surface area contributed by atoms with E-state index in [4.69, 9.17) is 17.0 Å². The quantitative estimate of drug-likeness (QED) is 0.843. The van der Waals surface area contributed by atoms with Gasteiger partial charge in [0.2, 0.25) is 0 Å². The molecule has 2 atom stereocenters. The minimum absolute atomic E-state index is 0.0376. The third kappa shape index (κ3) is 3.86. The number of rotatable bonds is 4. The van der Waals surface area contributed by atoms with Gasteiger partial charge in [-0.3, -0.25) is 4.79 Å². The molecular formula is C18H20N2O2S. The highest BCUT2D eigenvalue weighted by molar-refractivity contribution is 7.71. The van der Waals surface area contributed by atoms with E-state index in [1.54, 1.807) is 18.3 Å². The molecule has 23 heavy (non-hydrogen) atoms. The number of ether oxygens (including phenoxy) is 1. The van der Waals surface area contributed by atoms with Gasteiger partial charge in [-0.15, -0.1) is 0 Å². The van der Waals surface area contributed by atoms with Gasteiger partial charge in [0.1, 0.15) is 4.64 Å². The Labute approximate surface area is 140 Å². The second-order valence-electron chi connectivity index (χ2n) is 5.73. The fraction of sp³-hybridized carbons (Fsp3) is 0.333. The van der Waals surface area contributed by atoms with Crippen LogP contribution in [0.3, 0.4) is 0 Å². The van der Waals surface area contributed by atoms with E-state index in [0.29, 0.717) is 16.7 Å². The van der Waals surface area contributed by atoms with Gasteiger partial charge in [-0.05, 0) is 30.5 Å². The van der Waals surface area contributed by atoms with Crippen LogP contribution in [0.5, 0.6) is 0 Å². The summed E-state index contributed by atoms with van der Waals surface area (Å²) >= 11 is 5.16. The van der Waals surface area contributed by atoms with Crippen LogP contribution in [0, 0.1) is 10.6 Å². The van der Waals surface area contributed by atoms with E-state index >= 15 is 0 Å². The average molecular weight is 328 g/mol. The van der Waals surface area contributed by atoms with Gasteiger partial charge in [0, 0.05) is 25.3 Å².